The summed E-state index contributed by atoms with van der Waals surface area (Å²) in [7, 11) is 0. The van der Waals surface area contributed by atoms with Crippen LogP contribution in [0.3, 0.4) is 0 Å². The zero-order valence-electron chi connectivity index (χ0n) is 9.39. The highest BCUT2D eigenvalue weighted by Crippen LogP contribution is 2.15. The van der Waals surface area contributed by atoms with Crippen molar-refractivity contribution >= 4 is 15.9 Å². The van der Waals surface area contributed by atoms with Gasteiger partial charge in [-0.25, -0.2) is 0 Å². The third kappa shape index (κ3) is 4.33. The van der Waals surface area contributed by atoms with E-state index in [1.165, 1.54) is 11.1 Å². The molecule has 1 atom stereocenters. The third-order valence-electron chi connectivity index (χ3n) is 2.55. The van der Waals surface area contributed by atoms with Gasteiger partial charge in [0.1, 0.15) is 0 Å². The van der Waals surface area contributed by atoms with Gasteiger partial charge in [-0.05, 0) is 50.1 Å². The molecule has 0 aliphatic rings. The highest BCUT2D eigenvalue weighted by atomic mass is 79.9. The van der Waals surface area contributed by atoms with Crippen LogP contribution in [0.25, 0.3) is 0 Å². The average molecular weight is 271 g/mol. The van der Waals surface area contributed by atoms with Crippen molar-refractivity contribution in [1.82, 2.24) is 5.32 Å². The van der Waals surface area contributed by atoms with Crippen molar-refractivity contribution in [1.29, 1.82) is 0 Å². The van der Waals surface area contributed by atoms with Gasteiger partial charge in [-0.2, -0.15) is 0 Å². The summed E-state index contributed by atoms with van der Waals surface area (Å²) in [6.45, 7) is 5.95. The van der Waals surface area contributed by atoms with Gasteiger partial charge in [0.2, 0.25) is 0 Å². The largest absolute Gasteiger partial charge is 0.330 e. The zero-order chi connectivity index (χ0) is 11.3. The molecule has 0 spiro atoms. The molecular weight excluding hydrogens is 252 g/mol. The molecule has 0 aromatic heterocycles. The highest BCUT2D eigenvalue weighted by Gasteiger charge is 2.02. The summed E-state index contributed by atoms with van der Waals surface area (Å²) >= 11 is 3.49. The first kappa shape index (κ1) is 12.7. The van der Waals surface area contributed by atoms with E-state index in [2.05, 4.69) is 53.3 Å². The fraction of sp³-hybridized carbons (Fsp3) is 0.500. The lowest BCUT2D eigenvalue weighted by atomic mass is 10.1. The second-order valence-electron chi connectivity index (χ2n) is 3.93. The molecule has 3 heteroatoms. The number of nitrogens with one attached hydrogen (secondary N) is 1. The zero-order valence-corrected chi connectivity index (χ0v) is 11.0. The van der Waals surface area contributed by atoms with Crippen molar-refractivity contribution in [3.63, 3.8) is 0 Å². The number of benzene rings is 1. The summed E-state index contributed by atoms with van der Waals surface area (Å²) < 4.78 is 1.14. The van der Waals surface area contributed by atoms with E-state index in [-0.39, 0.29) is 0 Å². The van der Waals surface area contributed by atoms with Crippen molar-refractivity contribution in [2.75, 3.05) is 6.54 Å². The van der Waals surface area contributed by atoms with Crippen LogP contribution in [0.2, 0.25) is 0 Å². The molecule has 3 N–H and O–H groups in total. The Hall–Kier alpha value is -0.380. The maximum absolute atomic E-state index is 5.50. The first-order valence-electron chi connectivity index (χ1n) is 5.32. The molecule has 1 aromatic carbocycles. The van der Waals surface area contributed by atoms with Gasteiger partial charge in [0.25, 0.3) is 0 Å². The van der Waals surface area contributed by atoms with E-state index in [0.717, 1.165) is 24.0 Å². The van der Waals surface area contributed by atoms with Gasteiger partial charge in [0.15, 0.2) is 0 Å². The topological polar surface area (TPSA) is 38.0 Å². The molecule has 1 unspecified atom stereocenters. The van der Waals surface area contributed by atoms with E-state index in [4.69, 9.17) is 5.73 Å². The molecule has 84 valence electrons. The van der Waals surface area contributed by atoms with Gasteiger partial charge >= 0.3 is 0 Å². The van der Waals surface area contributed by atoms with E-state index in [1.807, 2.05) is 0 Å². The van der Waals surface area contributed by atoms with Gasteiger partial charge < -0.3 is 11.1 Å². The molecule has 0 heterocycles. The highest BCUT2D eigenvalue weighted by molar-refractivity contribution is 9.10. The number of hydrogen-bond donors (Lipinski definition) is 2. The van der Waals surface area contributed by atoms with Crippen LogP contribution < -0.4 is 11.1 Å². The Morgan fingerprint density at radius 1 is 1.47 bits per heavy atom. The fourth-order valence-corrected chi connectivity index (χ4v) is 1.88. The summed E-state index contributed by atoms with van der Waals surface area (Å²) in [5, 5.41) is 3.47. The number of hydrogen-bond acceptors (Lipinski definition) is 2. The molecule has 0 saturated carbocycles. The minimum absolute atomic E-state index is 0.480. The molecular formula is C12H19BrN2. The summed E-state index contributed by atoms with van der Waals surface area (Å²) in [4.78, 5) is 0. The van der Waals surface area contributed by atoms with Crippen molar-refractivity contribution in [3.05, 3.63) is 33.8 Å². The van der Waals surface area contributed by atoms with Crippen LogP contribution >= 0.6 is 15.9 Å². The van der Waals surface area contributed by atoms with Crippen LogP contribution in [0.1, 0.15) is 24.5 Å². The molecule has 0 saturated heterocycles. The monoisotopic (exact) mass is 270 g/mol. The molecule has 1 rings (SSSR count). The van der Waals surface area contributed by atoms with Crippen LogP contribution in [0, 0.1) is 6.92 Å². The quantitative estimate of drug-likeness (QED) is 0.863. The van der Waals surface area contributed by atoms with Gasteiger partial charge in [-0.1, -0.05) is 22.0 Å². The van der Waals surface area contributed by atoms with Crippen LogP contribution in [0.4, 0.5) is 0 Å². The van der Waals surface area contributed by atoms with Gasteiger partial charge in [0, 0.05) is 17.1 Å². The molecule has 1 aromatic rings. The Kier molecular flexibility index (Phi) is 5.29. The number of aryl methyl sites for hydroxylation is 1. The first-order valence-corrected chi connectivity index (χ1v) is 6.11. The van der Waals surface area contributed by atoms with Crippen LogP contribution in [0.15, 0.2) is 22.7 Å². The fourth-order valence-electron chi connectivity index (χ4n) is 1.47. The maximum atomic E-state index is 5.50. The first-order chi connectivity index (χ1) is 7.13. The predicted octanol–water partition coefficient (Wildman–Crippen LogP) is 2.58. The number of rotatable bonds is 5. The Labute approximate surface area is 100 Å². The summed E-state index contributed by atoms with van der Waals surface area (Å²) in [6.07, 6.45) is 1.02. The second-order valence-corrected chi connectivity index (χ2v) is 4.85. The molecule has 0 amide bonds. The second kappa shape index (κ2) is 6.26. The lowest BCUT2D eigenvalue weighted by Gasteiger charge is -2.14. The van der Waals surface area contributed by atoms with Crippen molar-refractivity contribution in [3.8, 4) is 0 Å². The summed E-state index contributed by atoms with van der Waals surface area (Å²) in [5.74, 6) is 0. The number of halogens is 1. The molecule has 0 radical (unpaired) electrons. The van der Waals surface area contributed by atoms with Crippen molar-refractivity contribution < 1.29 is 0 Å². The van der Waals surface area contributed by atoms with Crippen molar-refractivity contribution in [2.45, 2.75) is 32.9 Å². The van der Waals surface area contributed by atoms with Crippen LogP contribution in [0.5, 0.6) is 0 Å². The molecule has 0 aliphatic heterocycles. The minimum Gasteiger partial charge on any atom is -0.330 e. The van der Waals surface area contributed by atoms with E-state index in [1.54, 1.807) is 0 Å². The van der Waals surface area contributed by atoms with Crippen LogP contribution in [-0.2, 0) is 6.54 Å². The normalized spacial score (nSPS) is 12.8. The Balaban J connectivity index is 2.53. The third-order valence-corrected chi connectivity index (χ3v) is 3.05. The molecule has 0 aliphatic carbocycles. The number of nitrogens with two attached hydrogens (primary N) is 1. The molecule has 0 fully saturated rings. The molecule has 0 bridgehead atoms. The summed E-state index contributed by atoms with van der Waals surface area (Å²) in [6, 6.07) is 6.85. The smallest absolute Gasteiger partial charge is 0.0211 e. The Morgan fingerprint density at radius 3 is 2.87 bits per heavy atom. The van der Waals surface area contributed by atoms with E-state index >= 15 is 0 Å². The Morgan fingerprint density at radius 2 is 2.20 bits per heavy atom. The predicted molar refractivity (Wildman–Crippen MR) is 68.9 cm³/mol. The molecule has 15 heavy (non-hydrogen) atoms. The van der Waals surface area contributed by atoms with Gasteiger partial charge in [-0.15, -0.1) is 0 Å². The van der Waals surface area contributed by atoms with Crippen molar-refractivity contribution in [2.24, 2.45) is 5.73 Å². The van der Waals surface area contributed by atoms with E-state index < -0.39 is 0 Å². The average Bonchev–Trinajstić information content (AvgIpc) is 2.20. The van der Waals surface area contributed by atoms with Crippen LogP contribution in [-0.4, -0.2) is 12.6 Å². The lowest BCUT2D eigenvalue weighted by Crippen LogP contribution is -2.28. The standard InChI is InChI=1S/C12H19BrN2/c1-9-3-4-12(13)7-11(9)8-15-10(2)5-6-14/h3-4,7,10,15H,5-6,8,14H2,1-2H3. The summed E-state index contributed by atoms with van der Waals surface area (Å²) in [5.41, 5.74) is 8.17. The van der Waals surface area contributed by atoms with Gasteiger partial charge in [0.05, 0.1) is 0 Å². The van der Waals surface area contributed by atoms with E-state index in [9.17, 15) is 0 Å². The maximum Gasteiger partial charge on any atom is 0.0211 e. The van der Waals surface area contributed by atoms with Gasteiger partial charge in [-0.3, -0.25) is 0 Å². The SMILES string of the molecule is Cc1ccc(Br)cc1CNC(C)CCN. The Bertz CT molecular complexity index is 312. The molecule has 2 nitrogen and oxygen atoms in total. The minimum atomic E-state index is 0.480. The lowest BCUT2D eigenvalue weighted by molar-refractivity contribution is 0.519. The van der Waals surface area contributed by atoms with E-state index in [0.29, 0.717) is 6.04 Å².